The number of carbonyl (C=O) groups is 2. The molecule has 0 aromatic carbocycles. The summed E-state index contributed by atoms with van der Waals surface area (Å²) < 4.78 is 25.5. The maximum atomic E-state index is 11.7. The Kier molecular flexibility index (Phi) is 9.75. The second-order valence-corrected chi connectivity index (χ2v) is 6.33. The van der Waals surface area contributed by atoms with Crippen molar-refractivity contribution in [2.45, 2.75) is 38.5 Å². The van der Waals surface area contributed by atoms with E-state index < -0.39 is 14.1 Å². The molecule has 7 nitrogen and oxygen atoms in total. The van der Waals surface area contributed by atoms with Gasteiger partial charge < -0.3 is 14.8 Å². The second kappa shape index (κ2) is 11.4. The molecule has 126 valence electrons. The Labute approximate surface area is 131 Å². The number of nitrogens with one attached hydrogen (secondary N) is 1. The molecule has 1 amide bonds. The number of ether oxygens (including phenoxy) is 2. The van der Waals surface area contributed by atoms with Gasteiger partial charge >= 0.3 is 20.1 Å². The van der Waals surface area contributed by atoms with Gasteiger partial charge in [-0.15, -0.1) is 4.52 Å². The zero-order chi connectivity index (χ0) is 16.2. The zero-order valence-electron chi connectivity index (χ0n) is 13.0. The van der Waals surface area contributed by atoms with Crippen LogP contribution in [-0.2, 0) is 23.4 Å². The summed E-state index contributed by atoms with van der Waals surface area (Å²) in [6, 6.07) is 0. The molecule has 0 spiro atoms. The molecule has 1 atom stereocenters. The monoisotopic (exact) mass is 334 g/mol. The highest BCUT2D eigenvalue weighted by atomic mass is 31.1. The van der Waals surface area contributed by atoms with Crippen LogP contribution in [-0.4, -0.2) is 45.1 Å². The van der Waals surface area contributed by atoms with Crippen molar-refractivity contribution in [2.75, 3.05) is 33.0 Å². The Balaban J connectivity index is 1.95. The Morgan fingerprint density at radius 2 is 1.77 bits per heavy atom. The molecular weight excluding hydrogens is 309 g/mol. The van der Waals surface area contributed by atoms with Crippen molar-refractivity contribution in [3.05, 3.63) is 0 Å². The van der Waals surface area contributed by atoms with Gasteiger partial charge in [0.05, 0.1) is 5.92 Å². The predicted molar refractivity (Wildman–Crippen MR) is 81.0 cm³/mol. The van der Waals surface area contributed by atoms with Crippen LogP contribution in [0.25, 0.3) is 0 Å². The third kappa shape index (κ3) is 8.95. The quantitative estimate of drug-likeness (QED) is 0.396. The topological polar surface area (TPSA) is 90.9 Å². The Bertz CT molecular complexity index is 370. The van der Waals surface area contributed by atoms with Crippen molar-refractivity contribution < 1.29 is 28.2 Å². The van der Waals surface area contributed by atoms with E-state index in [1.807, 2.05) is 0 Å². The highest BCUT2D eigenvalue weighted by molar-refractivity contribution is 7.38. The van der Waals surface area contributed by atoms with E-state index in [9.17, 15) is 14.2 Å². The summed E-state index contributed by atoms with van der Waals surface area (Å²) in [6.45, 7) is 2.31. The maximum Gasteiger partial charge on any atom is 0.504 e. The first kappa shape index (κ1) is 18.8. The highest BCUT2D eigenvalue weighted by Crippen LogP contribution is 2.24. The van der Waals surface area contributed by atoms with Crippen LogP contribution in [0.1, 0.15) is 38.5 Å². The normalized spacial score (nSPS) is 16.0. The average Bonchev–Trinajstić information content (AvgIpc) is 2.51. The number of hydrogen-bond acceptors (Lipinski definition) is 6. The molecule has 1 saturated carbocycles. The molecule has 0 aromatic heterocycles. The van der Waals surface area contributed by atoms with Gasteiger partial charge in [-0.3, -0.25) is 4.79 Å². The molecule has 22 heavy (non-hydrogen) atoms. The molecule has 0 bridgehead atoms. The van der Waals surface area contributed by atoms with Gasteiger partial charge in [-0.1, -0.05) is 19.3 Å². The molecule has 0 saturated heterocycles. The standard InChI is InChI=1S/C14H24NO6P/c1-22(18)21-9-5-8-15-14(17)20-11-10-19-13(16)12-6-3-2-4-7-12/h12H,2-11H2,1H3/p+1. The first-order valence-electron chi connectivity index (χ1n) is 7.70. The fourth-order valence-corrected chi connectivity index (χ4v) is 2.63. The maximum absolute atomic E-state index is 11.7. The Morgan fingerprint density at radius 1 is 1.09 bits per heavy atom. The largest absolute Gasteiger partial charge is 0.504 e. The molecule has 8 heteroatoms. The van der Waals surface area contributed by atoms with Crippen LogP contribution in [0, 0.1) is 5.92 Å². The molecule has 0 radical (unpaired) electrons. The number of rotatable bonds is 9. The first-order chi connectivity index (χ1) is 10.6. The third-order valence-corrected chi connectivity index (χ3v) is 3.91. The number of carbonyl (C=O) groups excluding carboxylic acids is 2. The molecule has 1 fully saturated rings. The van der Waals surface area contributed by atoms with Crippen molar-refractivity contribution in [1.29, 1.82) is 0 Å². The van der Waals surface area contributed by atoms with Gasteiger partial charge in [0.25, 0.3) is 0 Å². The van der Waals surface area contributed by atoms with Crippen LogP contribution in [0.5, 0.6) is 0 Å². The van der Waals surface area contributed by atoms with E-state index in [-0.39, 0.29) is 25.1 Å². The van der Waals surface area contributed by atoms with Crippen LogP contribution in [0.2, 0.25) is 0 Å². The van der Waals surface area contributed by atoms with E-state index >= 15 is 0 Å². The van der Waals surface area contributed by atoms with Crippen molar-refractivity contribution in [3.8, 4) is 0 Å². The smallest absolute Gasteiger partial charge is 0.462 e. The first-order valence-corrected chi connectivity index (χ1v) is 9.33. The zero-order valence-corrected chi connectivity index (χ0v) is 13.9. The number of hydrogen-bond donors (Lipinski definition) is 1. The van der Waals surface area contributed by atoms with E-state index in [0.29, 0.717) is 19.6 Å². The van der Waals surface area contributed by atoms with Crippen LogP contribution in [0.15, 0.2) is 0 Å². The van der Waals surface area contributed by atoms with Crippen LogP contribution in [0.3, 0.4) is 0 Å². The lowest BCUT2D eigenvalue weighted by Crippen LogP contribution is -2.28. The molecular formula is C14H25NO6P+. The van der Waals surface area contributed by atoms with Crippen LogP contribution < -0.4 is 5.32 Å². The van der Waals surface area contributed by atoms with E-state index in [0.717, 1.165) is 25.7 Å². The summed E-state index contributed by atoms with van der Waals surface area (Å²) in [6.07, 6.45) is 5.13. The minimum absolute atomic E-state index is 0.00707. The van der Waals surface area contributed by atoms with E-state index in [1.54, 1.807) is 0 Å². The summed E-state index contributed by atoms with van der Waals surface area (Å²) in [5, 5.41) is 2.53. The third-order valence-electron chi connectivity index (χ3n) is 3.36. The van der Waals surface area contributed by atoms with Gasteiger partial charge in [-0.25, -0.2) is 4.79 Å². The van der Waals surface area contributed by atoms with Gasteiger partial charge in [0.1, 0.15) is 19.8 Å². The molecule has 1 rings (SSSR count). The lowest BCUT2D eigenvalue weighted by molar-refractivity contribution is -0.150. The van der Waals surface area contributed by atoms with Crippen molar-refractivity contribution in [1.82, 2.24) is 5.32 Å². The molecule has 0 aromatic rings. The van der Waals surface area contributed by atoms with E-state index in [4.69, 9.17) is 14.0 Å². The van der Waals surface area contributed by atoms with Crippen molar-refractivity contribution >= 4 is 20.1 Å². The molecule has 0 aliphatic heterocycles. The van der Waals surface area contributed by atoms with Gasteiger partial charge in [0.15, 0.2) is 6.66 Å². The fourth-order valence-electron chi connectivity index (χ4n) is 2.24. The van der Waals surface area contributed by atoms with E-state index in [2.05, 4.69) is 5.32 Å². The summed E-state index contributed by atoms with van der Waals surface area (Å²) in [7, 11) is -1.60. The highest BCUT2D eigenvalue weighted by Gasteiger charge is 2.22. The van der Waals surface area contributed by atoms with Crippen molar-refractivity contribution in [3.63, 3.8) is 0 Å². The summed E-state index contributed by atoms with van der Waals surface area (Å²) in [5.41, 5.74) is 0. The van der Waals surface area contributed by atoms with Gasteiger partial charge in [-0.2, -0.15) is 0 Å². The van der Waals surface area contributed by atoms with Gasteiger partial charge in [0, 0.05) is 6.54 Å². The number of esters is 1. The number of alkyl carbamates (subject to hydrolysis) is 1. The lowest BCUT2D eigenvalue weighted by Gasteiger charge is -2.19. The molecule has 1 aliphatic rings. The van der Waals surface area contributed by atoms with Crippen LogP contribution in [0.4, 0.5) is 4.79 Å². The van der Waals surface area contributed by atoms with E-state index in [1.165, 1.54) is 13.1 Å². The summed E-state index contributed by atoms with van der Waals surface area (Å²) in [4.78, 5) is 23.0. The molecule has 0 heterocycles. The minimum Gasteiger partial charge on any atom is -0.462 e. The van der Waals surface area contributed by atoms with Crippen LogP contribution >= 0.6 is 8.03 Å². The summed E-state index contributed by atoms with van der Waals surface area (Å²) in [5.74, 6) is -0.179. The second-order valence-electron chi connectivity index (χ2n) is 5.19. The average molecular weight is 334 g/mol. The SMILES string of the molecule is C[P+](=O)OCCCNC(=O)OCCOC(=O)C1CCCCC1. The predicted octanol–water partition coefficient (Wildman–Crippen LogP) is 2.62. The van der Waals surface area contributed by atoms with Gasteiger partial charge in [-0.05, 0) is 23.8 Å². The minimum atomic E-state index is -1.60. The van der Waals surface area contributed by atoms with Gasteiger partial charge in [0.2, 0.25) is 0 Å². The molecule has 1 N–H and O–H groups in total. The molecule has 1 unspecified atom stereocenters. The Hall–Kier alpha value is -1.20. The summed E-state index contributed by atoms with van der Waals surface area (Å²) >= 11 is 0. The Morgan fingerprint density at radius 3 is 2.45 bits per heavy atom. The molecule has 1 aliphatic carbocycles. The van der Waals surface area contributed by atoms with Crippen molar-refractivity contribution in [2.24, 2.45) is 5.92 Å². The fraction of sp³-hybridized carbons (Fsp3) is 0.857. The number of amides is 1. The lowest BCUT2D eigenvalue weighted by atomic mass is 9.89.